The van der Waals surface area contributed by atoms with Crippen LogP contribution in [0.1, 0.15) is 27.6 Å². The second-order valence-electron chi connectivity index (χ2n) is 5.87. The highest BCUT2D eigenvalue weighted by Crippen LogP contribution is 2.46. The topological polar surface area (TPSA) is 63.2 Å². The Hall–Kier alpha value is -2.73. The number of ether oxygens (including phenoxy) is 5. The van der Waals surface area contributed by atoms with Crippen LogP contribution in [0.4, 0.5) is 0 Å². The predicted octanol–water partition coefficient (Wildman–Crippen LogP) is 2.93. The zero-order valence-electron chi connectivity index (χ0n) is 14.2. The molecule has 2 aromatic carbocycles. The van der Waals surface area contributed by atoms with E-state index < -0.39 is 12.2 Å². The van der Waals surface area contributed by atoms with Crippen LogP contribution in [0, 0.1) is 0 Å². The van der Waals surface area contributed by atoms with Gasteiger partial charge in [-0.2, -0.15) is 0 Å². The summed E-state index contributed by atoms with van der Waals surface area (Å²) < 4.78 is 28.0. The van der Waals surface area contributed by atoms with Gasteiger partial charge in [0.25, 0.3) is 0 Å². The molecule has 0 aromatic heterocycles. The molecule has 6 nitrogen and oxygen atoms in total. The molecule has 6 heteroatoms. The molecule has 25 heavy (non-hydrogen) atoms. The van der Waals surface area contributed by atoms with E-state index in [2.05, 4.69) is 0 Å². The minimum absolute atomic E-state index is 0.0886. The van der Waals surface area contributed by atoms with Gasteiger partial charge in [-0.25, -0.2) is 0 Å². The summed E-state index contributed by atoms with van der Waals surface area (Å²) in [6, 6.07) is 8.88. The summed E-state index contributed by atoms with van der Waals surface area (Å²) in [4.78, 5) is 12.8. The normalized spacial score (nSPS) is 20.7. The van der Waals surface area contributed by atoms with E-state index in [1.54, 1.807) is 39.5 Å². The third kappa shape index (κ3) is 2.33. The largest absolute Gasteiger partial charge is 0.497 e. The maximum absolute atomic E-state index is 12.8. The first-order valence-electron chi connectivity index (χ1n) is 7.92. The SMILES string of the molecule is COc1ccc2c(c1)OC1c3ccc(OC)c(OC)c3COC1C2=O. The van der Waals surface area contributed by atoms with Crippen molar-refractivity contribution < 1.29 is 28.5 Å². The monoisotopic (exact) mass is 342 g/mol. The zero-order valence-corrected chi connectivity index (χ0v) is 14.2. The highest BCUT2D eigenvalue weighted by Gasteiger charge is 2.43. The van der Waals surface area contributed by atoms with Gasteiger partial charge in [-0.1, -0.05) is 6.07 Å². The van der Waals surface area contributed by atoms with Gasteiger partial charge in [0, 0.05) is 17.2 Å². The zero-order chi connectivity index (χ0) is 17.6. The second kappa shape index (κ2) is 5.97. The van der Waals surface area contributed by atoms with Crippen molar-refractivity contribution in [3.63, 3.8) is 0 Å². The summed E-state index contributed by atoms with van der Waals surface area (Å²) in [6.07, 6.45) is -1.21. The molecule has 0 spiro atoms. The second-order valence-corrected chi connectivity index (χ2v) is 5.87. The number of benzene rings is 2. The molecule has 2 aliphatic rings. The van der Waals surface area contributed by atoms with E-state index in [0.717, 1.165) is 11.1 Å². The highest BCUT2D eigenvalue weighted by molar-refractivity contribution is 6.03. The van der Waals surface area contributed by atoms with Crippen molar-refractivity contribution in [3.05, 3.63) is 47.0 Å². The summed E-state index contributed by atoms with van der Waals surface area (Å²) >= 11 is 0. The van der Waals surface area contributed by atoms with Crippen molar-refractivity contribution in [1.29, 1.82) is 0 Å². The minimum atomic E-state index is -0.675. The van der Waals surface area contributed by atoms with Gasteiger partial charge in [0.2, 0.25) is 0 Å². The number of Topliss-reactive ketones (excluding diaryl/α,β-unsaturated/α-hetero) is 1. The molecule has 4 rings (SSSR count). The third-order valence-electron chi connectivity index (χ3n) is 4.64. The van der Waals surface area contributed by atoms with Crippen molar-refractivity contribution in [3.8, 4) is 23.0 Å². The molecule has 130 valence electrons. The fraction of sp³-hybridized carbons (Fsp3) is 0.316. The smallest absolute Gasteiger partial charge is 0.199 e. The fourth-order valence-corrected chi connectivity index (χ4v) is 3.40. The van der Waals surface area contributed by atoms with E-state index in [4.69, 9.17) is 23.7 Å². The van der Waals surface area contributed by atoms with Gasteiger partial charge in [0.1, 0.15) is 11.5 Å². The first kappa shape index (κ1) is 15.8. The van der Waals surface area contributed by atoms with Crippen LogP contribution < -0.4 is 18.9 Å². The molecule has 2 heterocycles. The summed E-state index contributed by atoms with van der Waals surface area (Å²) in [5.41, 5.74) is 2.21. The molecule has 0 saturated heterocycles. The number of ketones is 1. The van der Waals surface area contributed by atoms with Gasteiger partial charge in [-0.15, -0.1) is 0 Å². The molecule has 0 radical (unpaired) electrons. The van der Waals surface area contributed by atoms with Crippen molar-refractivity contribution in [2.75, 3.05) is 21.3 Å². The molecule has 0 aliphatic carbocycles. The Bertz CT molecular complexity index is 844. The Balaban J connectivity index is 1.81. The number of hydrogen-bond donors (Lipinski definition) is 0. The lowest BCUT2D eigenvalue weighted by Gasteiger charge is -2.37. The Labute approximate surface area is 145 Å². The van der Waals surface area contributed by atoms with Crippen molar-refractivity contribution >= 4 is 5.78 Å². The Morgan fingerprint density at radius 1 is 1.00 bits per heavy atom. The van der Waals surface area contributed by atoms with Crippen molar-refractivity contribution in [2.24, 2.45) is 0 Å². The first-order valence-corrected chi connectivity index (χ1v) is 7.92. The van der Waals surface area contributed by atoms with Crippen LogP contribution in [0.3, 0.4) is 0 Å². The van der Waals surface area contributed by atoms with E-state index >= 15 is 0 Å². The van der Waals surface area contributed by atoms with E-state index in [1.807, 2.05) is 12.1 Å². The molecule has 0 N–H and O–H groups in total. The van der Waals surface area contributed by atoms with E-state index in [9.17, 15) is 4.79 Å². The standard InChI is InChI=1S/C19H18O6/c1-21-10-4-5-12-15(8-10)25-18-11-6-7-14(22-2)17(23-3)13(11)9-24-19(18)16(12)20/h4-8,18-19H,9H2,1-3H3. The van der Waals surface area contributed by atoms with Crippen LogP contribution in [-0.2, 0) is 11.3 Å². The quantitative estimate of drug-likeness (QED) is 0.855. The summed E-state index contributed by atoms with van der Waals surface area (Å²) in [6.45, 7) is 0.261. The maximum atomic E-state index is 12.8. The average molecular weight is 342 g/mol. The summed E-state index contributed by atoms with van der Waals surface area (Å²) in [5, 5.41) is 0. The number of hydrogen-bond acceptors (Lipinski definition) is 6. The molecular formula is C19H18O6. The molecule has 2 aliphatic heterocycles. The highest BCUT2D eigenvalue weighted by atomic mass is 16.6. The van der Waals surface area contributed by atoms with Crippen molar-refractivity contribution in [1.82, 2.24) is 0 Å². The minimum Gasteiger partial charge on any atom is -0.497 e. The van der Waals surface area contributed by atoms with Gasteiger partial charge in [-0.05, 0) is 18.2 Å². The lowest BCUT2D eigenvalue weighted by Crippen LogP contribution is -2.41. The molecular weight excluding hydrogens is 324 g/mol. The van der Waals surface area contributed by atoms with Crippen LogP contribution >= 0.6 is 0 Å². The lowest BCUT2D eigenvalue weighted by molar-refractivity contribution is -0.0431. The number of carbonyl (C=O) groups excluding carboxylic acids is 1. The first-order chi connectivity index (χ1) is 12.2. The van der Waals surface area contributed by atoms with Gasteiger partial charge in [0.15, 0.2) is 29.5 Å². The average Bonchev–Trinajstić information content (AvgIpc) is 2.66. The molecule has 2 aromatic rings. The number of fused-ring (bicyclic) bond motifs is 4. The van der Waals surface area contributed by atoms with Gasteiger partial charge in [-0.3, -0.25) is 4.79 Å². The van der Waals surface area contributed by atoms with Crippen LogP contribution in [0.5, 0.6) is 23.0 Å². The molecule has 0 amide bonds. The van der Waals surface area contributed by atoms with Gasteiger partial charge < -0.3 is 23.7 Å². The van der Waals surface area contributed by atoms with E-state index in [-0.39, 0.29) is 12.4 Å². The molecule has 0 saturated carbocycles. The van der Waals surface area contributed by atoms with Gasteiger partial charge >= 0.3 is 0 Å². The number of carbonyl (C=O) groups is 1. The van der Waals surface area contributed by atoms with Crippen LogP contribution in [-0.4, -0.2) is 33.2 Å². The fourth-order valence-electron chi connectivity index (χ4n) is 3.40. The Morgan fingerprint density at radius 2 is 1.84 bits per heavy atom. The van der Waals surface area contributed by atoms with Crippen LogP contribution in [0.15, 0.2) is 30.3 Å². The Kier molecular flexibility index (Phi) is 3.77. The molecule has 0 fully saturated rings. The predicted molar refractivity (Wildman–Crippen MR) is 88.8 cm³/mol. The molecule has 0 bridgehead atoms. The van der Waals surface area contributed by atoms with Crippen LogP contribution in [0.25, 0.3) is 0 Å². The summed E-state index contributed by atoms with van der Waals surface area (Å²) in [5.74, 6) is 2.26. The third-order valence-corrected chi connectivity index (χ3v) is 4.64. The van der Waals surface area contributed by atoms with Crippen molar-refractivity contribution in [2.45, 2.75) is 18.8 Å². The Morgan fingerprint density at radius 3 is 2.56 bits per heavy atom. The van der Waals surface area contributed by atoms with Crippen LogP contribution in [0.2, 0.25) is 0 Å². The van der Waals surface area contributed by atoms with Gasteiger partial charge in [0.05, 0.1) is 33.5 Å². The van der Waals surface area contributed by atoms with E-state index in [0.29, 0.717) is 28.6 Å². The number of methoxy groups -OCH3 is 3. The molecule has 2 unspecified atom stereocenters. The maximum Gasteiger partial charge on any atom is 0.199 e. The summed E-state index contributed by atoms with van der Waals surface area (Å²) in [7, 11) is 4.74. The number of rotatable bonds is 3. The molecule has 2 atom stereocenters. The lowest BCUT2D eigenvalue weighted by atomic mass is 9.88. The van der Waals surface area contributed by atoms with E-state index in [1.165, 1.54) is 0 Å².